The zero-order valence-electron chi connectivity index (χ0n) is 18.7. The second kappa shape index (κ2) is 15.3. The summed E-state index contributed by atoms with van der Waals surface area (Å²) in [5.41, 5.74) is 3.15. The molecule has 0 aliphatic carbocycles. The average molecular weight is 373 g/mol. The molecule has 0 radical (unpaired) electrons. The molecule has 0 unspecified atom stereocenters. The molecule has 0 amide bonds. The minimum absolute atomic E-state index is 0.321. The maximum Gasteiger partial charge on any atom is 0.0787 e. The van der Waals surface area contributed by atoms with Crippen molar-refractivity contribution in [2.45, 2.75) is 53.9 Å². The van der Waals surface area contributed by atoms with Crippen LogP contribution in [0, 0.1) is 11.8 Å². The zero-order chi connectivity index (χ0) is 21.3. The van der Waals surface area contributed by atoms with Gasteiger partial charge in [-0.25, -0.2) is 0 Å². The van der Waals surface area contributed by atoms with Gasteiger partial charge in [-0.05, 0) is 30.2 Å². The molecule has 0 heterocycles. The van der Waals surface area contributed by atoms with Crippen LogP contribution in [0.4, 0.5) is 0 Å². The summed E-state index contributed by atoms with van der Waals surface area (Å²) in [7, 11) is 0. The number of rotatable bonds is 2. The largest absolute Gasteiger partial charge is 0.0817 e. The first-order valence-electron chi connectivity index (χ1n) is 10.5. The van der Waals surface area contributed by atoms with Crippen molar-refractivity contribution >= 4 is 0 Å². The molecule has 0 heteroatoms. The molecule has 0 saturated carbocycles. The Morgan fingerprint density at radius 3 is 1.18 bits per heavy atom. The Morgan fingerprint density at radius 2 is 0.821 bits per heavy atom. The van der Waals surface area contributed by atoms with E-state index in [1.165, 1.54) is 11.1 Å². The summed E-state index contributed by atoms with van der Waals surface area (Å²) in [6, 6.07) is 31.1. The molecule has 0 spiro atoms. The fraction of sp³-hybridized carbons (Fsp3) is 0.286. The Balaban J connectivity index is 0.00000111. The lowest BCUT2D eigenvalue weighted by Crippen LogP contribution is -2.21. The summed E-state index contributed by atoms with van der Waals surface area (Å²) in [5.74, 6) is 6.83. The maximum absolute atomic E-state index is 3.50. The van der Waals surface area contributed by atoms with E-state index in [-0.39, 0.29) is 5.41 Å². The molecule has 0 aliphatic heterocycles. The fourth-order valence-corrected chi connectivity index (χ4v) is 2.57. The minimum atomic E-state index is -0.321. The Labute approximate surface area is 173 Å². The topological polar surface area (TPSA) is 0 Å². The van der Waals surface area contributed by atoms with Crippen molar-refractivity contribution in [3.63, 3.8) is 0 Å². The summed E-state index contributed by atoms with van der Waals surface area (Å²) in [5, 5.41) is 0. The molecular weight excluding hydrogens is 336 g/mol. The van der Waals surface area contributed by atoms with Crippen LogP contribution in [0.5, 0.6) is 0 Å². The summed E-state index contributed by atoms with van der Waals surface area (Å²) in [6.07, 6.45) is 0. The van der Waals surface area contributed by atoms with Gasteiger partial charge < -0.3 is 0 Å². The van der Waals surface area contributed by atoms with Crippen molar-refractivity contribution in [3.8, 4) is 11.8 Å². The molecule has 3 aromatic carbocycles. The van der Waals surface area contributed by atoms with E-state index >= 15 is 0 Å². The molecule has 3 aromatic rings. The average Bonchev–Trinajstić information content (AvgIpc) is 2.83. The molecule has 0 bridgehead atoms. The number of hydrogen-bond donors (Lipinski definition) is 0. The Morgan fingerprint density at radius 1 is 0.500 bits per heavy atom. The summed E-state index contributed by atoms with van der Waals surface area (Å²) >= 11 is 0. The van der Waals surface area contributed by atoms with Gasteiger partial charge in [-0.3, -0.25) is 0 Å². The zero-order valence-corrected chi connectivity index (χ0v) is 18.7. The van der Waals surface area contributed by atoms with E-state index in [2.05, 4.69) is 67.3 Å². The molecule has 0 aromatic heterocycles. The quantitative estimate of drug-likeness (QED) is 0.398. The predicted octanol–water partition coefficient (Wildman–Crippen LogP) is 8.12. The molecule has 28 heavy (non-hydrogen) atoms. The van der Waals surface area contributed by atoms with E-state index in [0.29, 0.717) is 0 Å². The van der Waals surface area contributed by atoms with Crippen molar-refractivity contribution in [3.05, 3.63) is 108 Å². The van der Waals surface area contributed by atoms with Crippen LogP contribution in [-0.4, -0.2) is 0 Å². The van der Waals surface area contributed by atoms with Crippen LogP contribution in [0.3, 0.4) is 0 Å². The molecule has 148 valence electrons. The van der Waals surface area contributed by atoms with E-state index in [9.17, 15) is 0 Å². The van der Waals surface area contributed by atoms with E-state index in [4.69, 9.17) is 0 Å². The number of benzene rings is 3. The lowest BCUT2D eigenvalue weighted by molar-refractivity contribution is 0.753. The Kier molecular flexibility index (Phi) is 13.8. The summed E-state index contributed by atoms with van der Waals surface area (Å²) in [6.45, 7) is 14.2. The van der Waals surface area contributed by atoms with Gasteiger partial charge in [0.2, 0.25) is 0 Å². The van der Waals surface area contributed by atoms with Crippen molar-refractivity contribution in [2.75, 3.05) is 0 Å². The first-order chi connectivity index (χ1) is 13.8. The van der Waals surface area contributed by atoms with Gasteiger partial charge in [-0.15, -0.1) is 0 Å². The number of hydrogen-bond acceptors (Lipinski definition) is 0. The molecule has 0 nitrogen and oxygen atoms in total. The van der Waals surface area contributed by atoms with Gasteiger partial charge in [0.05, 0.1) is 5.41 Å². The molecular formula is C28H36. The normalized spacial score (nSPS) is 8.96. The first-order valence-corrected chi connectivity index (χ1v) is 10.5. The van der Waals surface area contributed by atoms with Gasteiger partial charge in [0.25, 0.3) is 0 Å². The van der Waals surface area contributed by atoms with E-state index in [1.54, 1.807) is 0 Å². The molecule has 0 N–H and O–H groups in total. The molecule has 0 aliphatic rings. The monoisotopic (exact) mass is 372 g/mol. The van der Waals surface area contributed by atoms with Crippen LogP contribution in [-0.2, 0) is 5.41 Å². The van der Waals surface area contributed by atoms with Crippen LogP contribution in [0.15, 0.2) is 91.0 Å². The van der Waals surface area contributed by atoms with Crippen molar-refractivity contribution in [1.82, 2.24) is 0 Å². The molecule has 3 rings (SSSR count). The van der Waals surface area contributed by atoms with E-state index < -0.39 is 0 Å². The molecule has 0 saturated heterocycles. The smallest absolute Gasteiger partial charge is 0.0787 e. The van der Waals surface area contributed by atoms with Gasteiger partial charge in [0.1, 0.15) is 0 Å². The second-order valence-corrected chi connectivity index (χ2v) is 5.47. The highest BCUT2D eigenvalue weighted by Crippen LogP contribution is 2.31. The SMILES string of the molecule is CC.CC.CC.CC(C#Cc1ccccc1)(c1ccccc1)c1ccccc1. The highest BCUT2D eigenvalue weighted by atomic mass is 14.3. The van der Waals surface area contributed by atoms with Crippen molar-refractivity contribution < 1.29 is 0 Å². The lowest BCUT2D eigenvalue weighted by Gasteiger charge is -2.25. The van der Waals surface area contributed by atoms with Gasteiger partial charge >= 0.3 is 0 Å². The predicted molar refractivity (Wildman–Crippen MR) is 127 cm³/mol. The minimum Gasteiger partial charge on any atom is -0.0817 e. The second-order valence-electron chi connectivity index (χ2n) is 5.47. The Hall–Kier alpha value is -2.78. The van der Waals surface area contributed by atoms with Crippen LogP contribution < -0.4 is 0 Å². The lowest BCUT2D eigenvalue weighted by atomic mass is 9.76. The van der Waals surface area contributed by atoms with Crippen molar-refractivity contribution in [1.29, 1.82) is 0 Å². The van der Waals surface area contributed by atoms with Crippen LogP contribution >= 0.6 is 0 Å². The fourth-order valence-electron chi connectivity index (χ4n) is 2.57. The van der Waals surface area contributed by atoms with Crippen LogP contribution in [0.25, 0.3) is 0 Å². The standard InChI is InChI=1S/C22H18.3C2H6/c1-22(20-13-7-3-8-14-20,21-15-9-4-10-16-21)18-17-19-11-5-2-6-12-19;3*1-2/h2-16H,1H3;3*1-2H3. The van der Waals surface area contributed by atoms with E-state index in [1.807, 2.05) is 84.0 Å². The third-order valence-electron chi connectivity index (χ3n) is 3.93. The Bertz CT molecular complexity index is 735. The van der Waals surface area contributed by atoms with Gasteiger partial charge in [-0.2, -0.15) is 0 Å². The van der Waals surface area contributed by atoms with Gasteiger partial charge in [0.15, 0.2) is 0 Å². The first kappa shape index (κ1) is 25.2. The van der Waals surface area contributed by atoms with Gasteiger partial charge in [0, 0.05) is 5.56 Å². The molecule has 0 atom stereocenters. The van der Waals surface area contributed by atoms with E-state index in [0.717, 1.165) is 5.56 Å². The van der Waals surface area contributed by atoms with Crippen molar-refractivity contribution in [2.24, 2.45) is 0 Å². The third-order valence-corrected chi connectivity index (χ3v) is 3.93. The summed E-state index contributed by atoms with van der Waals surface area (Å²) < 4.78 is 0. The third kappa shape index (κ3) is 7.45. The maximum atomic E-state index is 3.50. The van der Waals surface area contributed by atoms with Crippen LogP contribution in [0.1, 0.15) is 65.2 Å². The van der Waals surface area contributed by atoms with Crippen LogP contribution in [0.2, 0.25) is 0 Å². The highest BCUT2D eigenvalue weighted by molar-refractivity contribution is 5.49. The summed E-state index contributed by atoms with van der Waals surface area (Å²) in [4.78, 5) is 0. The highest BCUT2D eigenvalue weighted by Gasteiger charge is 2.26. The molecule has 0 fully saturated rings. The van der Waals surface area contributed by atoms with Gasteiger partial charge in [-0.1, -0.05) is 132 Å².